The van der Waals surface area contributed by atoms with E-state index in [9.17, 15) is 9.18 Å². The monoisotopic (exact) mass is 381 g/mol. The van der Waals surface area contributed by atoms with E-state index in [0.717, 1.165) is 50.1 Å². The summed E-state index contributed by atoms with van der Waals surface area (Å²) in [5.41, 5.74) is 7.20. The predicted octanol–water partition coefficient (Wildman–Crippen LogP) is 2.39. The molecule has 1 aliphatic rings. The van der Waals surface area contributed by atoms with Crippen molar-refractivity contribution in [2.45, 2.75) is 38.0 Å². The lowest BCUT2D eigenvalue weighted by Gasteiger charge is -2.11. The van der Waals surface area contributed by atoms with Crippen LogP contribution in [0, 0.1) is 5.82 Å². The van der Waals surface area contributed by atoms with Gasteiger partial charge in [-0.3, -0.25) is 4.79 Å². The molecule has 1 aromatic carbocycles. The SMILES string of the molecule is NCCCOCCCCOCCCNC(=O)CC1CNc2ccc(F)cc21. The highest BCUT2D eigenvalue weighted by atomic mass is 19.1. The lowest BCUT2D eigenvalue weighted by molar-refractivity contribution is -0.121. The Morgan fingerprint density at radius 1 is 1.15 bits per heavy atom. The van der Waals surface area contributed by atoms with Crippen LogP contribution in [0.2, 0.25) is 0 Å². The summed E-state index contributed by atoms with van der Waals surface area (Å²) in [5.74, 6) is -0.241. The van der Waals surface area contributed by atoms with E-state index in [1.807, 2.05) is 0 Å². The molecule has 1 aliphatic heterocycles. The van der Waals surface area contributed by atoms with E-state index in [4.69, 9.17) is 15.2 Å². The second-order valence-electron chi connectivity index (χ2n) is 6.79. The van der Waals surface area contributed by atoms with E-state index >= 15 is 0 Å². The minimum Gasteiger partial charge on any atom is -0.384 e. The zero-order chi connectivity index (χ0) is 19.3. The van der Waals surface area contributed by atoms with Crippen LogP contribution >= 0.6 is 0 Å². The van der Waals surface area contributed by atoms with Gasteiger partial charge in [0.05, 0.1) is 0 Å². The fraction of sp³-hybridized carbons (Fsp3) is 0.650. The molecule has 0 radical (unpaired) electrons. The number of nitrogens with one attached hydrogen (secondary N) is 2. The molecular formula is C20H32FN3O3. The standard InChI is InChI=1S/C20H32FN3O3/c21-17-5-6-19-18(14-17)16(15-24-19)13-20(25)23-8-4-12-27-10-2-1-9-26-11-3-7-22/h5-6,14,16,24H,1-4,7-13,15,22H2,(H,23,25). The van der Waals surface area contributed by atoms with Crippen LogP contribution in [-0.2, 0) is 14.3 Å². The Hall–Kier alpha value is -1.70. The average Bonchev–Trinajstić information content (AvgIpc) is 3.04. The lowest BCUT2D eigenvalue weighted by atomic mass is 9.97. The van der Waals surface area contributed by atoms with Gasteiger partial charge in [-0.05, 0) is 56.0 Å². The Bertz CT molecular complexity index is 571. The summed E-state index contributed by atoms with van der Waals surface area (Å²) in [5, 5.41) is 6.13. The predicted molar refractivity (Wildman–Crippen MR) is 104 cm³/mol. The van der Waals surface area contributed by atoms with Gasteiger partial charge in [-0.15, -0.1) is 0 Å². The van der Waals surface area contributed by atoms with E-state index in [0.29, 0.717) is 39.3 Å². The Morgan fingerprint density at radius 3 is 2.59 bits per heavy atom. The summed E-state index contributed by atoms with van der Waals surface area (Å²) < 4.78 is 24.4. The molecule has 4 N–H and O–H groups in total. The number of ether oxygens (including phenoxy) is 2. The molecule has 0 fully saturated rings. The van der Waals surface area contributed by atoms with E-state index in [1.165, 1.54) is 12.1 Å². The number of fused-ring (bicyclic) bond motifs is 1. The normalized spacial score (nSPS) is 15.4. The fourth-order valence-electron chi connectivity index (χ4n) is 3.05. The molecule has 1 atom stereocenters. The average molecular weight is 381 g/mol. The summed E-state index contributed by atoms with van der Waals surface area (Å²) in [6.45, 7) is 4.76. The summed E-state index contributed by atoms with van der Waals surface area (Å²) in [6, 6.07) is 4.68. The van der Waals surface area contributed by atoms with Crippen LogP contribution in [-0.4, -0.2) is 52.0 Å². The van der Waals surface area contributed by atoms with Gasteiger partial charge in [0.2, 0.25) is 5.91 Å². The number of halogens is 1. The number of benzene rings is 1. The minimum absolute atomic E-state index is 0.00598. The smallest absolute Gasteiger partial charge is 0.220 e. The zero-order valence-corrected chi connectivity index (χ0v) is 16.0. The maximum Gasteiger partial charge on any atom is 0.220 e. The van der Waals surface area contributed by atoms with E-state index in [1.54, 1.807) is 6.07 Å². The van der Waals surface area contributed by atoms with Gasteiger partial charge < -0.3 is 25.8 Å². The van der Waals surface area contributed by atoms with Crippen molar-refractivity contribution < 1.29 is 18.7 Å². The van der Waals surface area contributed by atoms with E-state index in [-0.39, 0.29) is 17.6 Å². The number of nitrogens with two attached hydrogens (primary N) is 1. The Balaban J connectivity index is 1.45. The maximum atomic E-state index is 13.4. The molecule has 0 bridgehead atoms. The van der Waals surface area contributed by atoms with Gasteiger partial charge in [0.1, 0.15) is 5.82 Å². The molecule has 152 valence electrons. The van der Waals surface area contributed by atoms with E-state index < -0.39 is 0 Å². The van der Waals surface area contributed by atoms with Gasteiger partial charge in [0.15, 0.2) is 0 Å². The molecule has 0 saturated heterocycles. The summed E-state index contributed by atoms with van der Waals surface area (Å²) in [7, 11) is 0. The summed E-state index contributed by atoms with van der Waals surface area (Å²) >= 11 is 0. The lowest BCUT2D eigenvalue weighted by Crippen LogP contribution is -2.27. The number of amides is 1. The van der Waals surface area contributed by atoms with Crippen molar-refractivity contribution in [1.29, 1.82) is 0 Å². The van der Waals surface area contributed by atoms with Crippen molar-refractivity contribution in [3.63, 3.8) is 0 Å². The Morgan fingerprint density at radius 2 is 1.85 bits per heavy atom. The number of carbonyl (C=O) groups is 1. The number of carbonyl (C=O) groups excluding carboxylic acids is 1. The molecule has 0 aliphatic carbocycles. The molecule has 2 rings (SSSR count). The topological polar surface area (TPSA) is 85.6 Å². The van der Waals surface area contributed by atoms with Crippen molar-refractivity contribution in [3.05, 3.63) is 29.6 Å². The van der Waals surface area contributed by atoms with E-state index in [2.05, 4.69) is 10.6 Å². The van der Waals surface area contributed by atoms with Gasteiger partial charge in [-0.25, -0.2) is 4.39 Å². The molecule has 1 unspecified atom stereocenters. The Labute approximate surface area is 161 Å². The number of hydrogen-bond acceptors (Lipinski definition) is 5. The van der Waals surface area contributed by atoms with Crippen molar-refractivity contribution in [1.82, 2.24) is 5.32 Å². The molecule has 7 heteroatoms. The zero-order valence-electron chi connectivity index (χ0n) is 16.0. The first-order valence-electron chi connectivity index (χ1n) is 9.86. The molecule has 1 aromatic rings. The molecular weight excluding hydrogens is 349 g/mol. The van der Waals surface area contributed by atoms with Crippen LogP contribution in [0.1, 0.15) is 43.6 Å². The molecule has 1 amide bonds. The van der Waals surface area contributed by atoms with Gasteiger partial charge in [0.25, 0.3) is 0 Å². The third-order valence-electron chi connectivity index (χ3n) is 4.53. The molecule has 0 saturated carbocycles. The van der Waals surface area contributed by atoms with Crippen LogP contribution < -0.4 is 16.4 Å². The first kappa shape index (κ1) is 21.6. The van der Waals surface area contributed by atoms with Crippen LogP contribution in [0.15, 0.2) is 18.2 Å². The van der Waals surface area contributed by atoms with Gasteiger partial charge in [-0.2, -0.15) is 0 Å². The van der Waals surface area contributed by atoms with Crippen molar-refractivity contribution in [2.75, 3.05) is 51.4 Å². The first-order chi connectivity index (χ1) is 13.2. The van der Waals surface area contributed by atoms with Crippen molar-refractivity contribution in [3.8, 4) is 0 Å². The minimum atomic E-state index is -0.262. The Kier molecular flexibility index (Phi) is 10.1. The van der Waals surface area contributed by atoms with Crippen LogP contribution in [0.5, 0.6) is 0 Å². The molecule has 6 nitrogen and oxygen atoms in total. The number of rotatable bonds is 14. The number of hydrogen-bond donors (Lipinski definition) is 3. The van der Waals surface area contributed by atoms with Gasteiger partial charge >= 0.3 is 0 Å². The van der Waals surface area contributed by atoms with Crippen LogP contribution in [0.4, 0.5) is 10.1 Å². The molecule has 27 heavy (non-hydrogen) atoms. The molecule has 0 aromatic heterocycles. The van der Waals surface area contributed by atoms with Gasteiger partial charge in [0, 0.05) is 57.5 Å². The highest BCUT2D eigenvalue weighted by Crippen LogP contribution is 2.33. The van der Waals surface area contributed by atoms with Crippen LogP contribution in [0.3, 0.4) is 0 Å². The molecule has 0 spiro atoms. The second kappa shape index (κ2) is 12.6. The summed E-state index contributed by atoms with van der Waals surface area (Å²) in [4.78, 5) is 12.1. The highest BCUT2D eigenvalue weighted by molar-refractivity contribution is 5.78. The first-order valence-corrected chi connectivity index (χ1v) is 9.86. The van der Waals surface area contributed by atoms with Crippen molar-refractivity contribution >= 4 is 11.6 Å². The number of unbranched alkanes of at least 4 members (excludes halogenated alkanes) is 1. The van der Waals surface area contributed by atoms with Gasteiger partial charge in [-0.1, -0.05) is 0 Å². The number of anilines is 1. The van der Waals surface area contributed by atoms with Crippen molar-refractivity contribution in [2.24, 2.45) is 5.73 Å². The largest absolute Gasteiger partial charge is 0.384 e. The third-order valence-corrected chi connectivity index (χ3v) is 4.53. The highest BCUT2D eigenvalue weighted by Gasteiger charge is 2.24. The quantitative estimate of drug-likeness (QED) is 0.431. The maximum absolute atomic E-state index is 13.4. The fourth-order valence-corrected chi connectivity index (χ4v) is 3.05. The third kappa shape index (κ3) is 8.24. The van der Waals surface area contributed by atoms with Crippen LogP contribution in [0.25, 0.3) is 0 Å². The summed E-state index contributed by atoms with van der Waals surface area (Å²) in [6.07, 6.45) is 4.02. The molecule has 1 heterocycles. The second-order valence-corrected chi connectivity index (χ2v) is 6.79.